The Balaban J connectivity index is 1.95. The summed E-state index contributed by atoms with van der Waals surface area (Å²) in [4.78, 5) is 14.4. The number of rotatable bonds is 5. The molecule has 0 saturated heterocycles. The van der Waals surface area contributed by atoms with Crippen LogP contribution in [0.4, 0.5) is 11.4 Å². The lowest BCUT2D eigenvalue weighted by atomic mass is 9.99. The van der Waals surface area contributed by atoms with Crippen molar-refractivity contribution in [3.8, 4) is 5.75 Å². The molecule has 2 aromatic rings. The van der Waals surface area contributed by atoms with E-state index in [1.165, 1.54) is 13.2 Å². The van der Waals surface area contributed by atoms with Gasteiger partial charge in [-0.15, -0.1) is 0 Å². The van der Waals surface area contributed by atoms with E-state index in [-0.39, 0.29) is 22.5 Å². The SMILES string of the molecule is COc1ccccc1S(=O)(=O)Nc1ccc2c(c1)N(C(=O)C(C)C)CCC2. The van der Waals surface area contributed by atoms with Gasteiger partial charge in [-0.1, -0.05) is 32.0 Å². The second-order valence-electron chi connectivity index (χ2n) is 6.85. The van der Waals surface area contributed by atoms with Gasteiger partial charge >= 0.3 is 0 Å². The fraction of sp³-hybridized carbons (Fsp3) is 0.350. The smallest absolute Gasteiger partial charge is 0.265 e. The lowest BCUT2D eigenvalue weighted by molar-refractivity contribution is -0.121. The number of nitrogens with one attached hydrogen (secondary N) is 1. The van der Waals surface area contributed by atoms with E-state index >= 15 is 0 Å². The van der Waals surface area contributed by atoms with Crippen LogP contribution in [0.2, 0.25) is 0 Å². The monoisotopic (exact) mass is 388 g/mol. The first kappa shape index (κ1) is 19.2. The Morgan fingerprint density at radius 2 is 1.93 bits per heavy atom. The molecule has 0 spiro atoms. The Hall–Kier alpha value is -2.54. The number of amides is 1. The van der Waals surface area contributed by atoms with E-state index in [0.717, 1.165) is 24.1 Å². The van der Waals surface area contributed by atoms with Crippen molar-refractivity contribution < 1.29 is 17.9 Å². The average molecular weight is 388 g/mol. The minimum atomic E-state index is -3.82. The number of carbonyl (C=O) groups excluding carboxylic acids is 1. The predicted molar refractivity (Wildman–Crippen MR) is 106 cm³/mol. The molecule has 7 heteroatoms. The zero-order chi connectivity index (χ0) is 19.6. The highest BCUT2D eigenvalue weighted by Gasteiger charge is 2.26. The van der Waals surface area contributed by atoms with Crippen LogP contribution in [0.3, 0.4) is 0 Å². The van der Waals surface area contributed by atoms with Crippen molar-refractivity contribution in [2.75, 3.05) is 23.3 Å². The third-order valence-electron chi connectivity index (χ3n) is 4.57. The Morgan fingerprint density at radius 3 is 2.63 bits per heavy atom. The van der Waals surface area contributed by atoms with Gasteiger partial charge in [-0.2, -0.15) is 0 Å². The van der Waals surface area contributed by atoms with Crippen LogP contribution in [-0.2, 0) is 21.2 Å². The average Bonchev–Trinajstić information content (AvgIpc) is 2.66. The molecular formula is C20H24N2O4S. The number of methoxy groups -OCH3 is 1. The third kappa shape index (κ3) is 3.93. The topological polar surface area (TPSA) is 75.7 Å². The summed E-state index contributed by atoms with van der Waals surface area (Å²) in [6.45, 7) is 4.38. The van der Waals surface area contributed by atoms with Gasteiger partial charge in [0.15, 0.2) is 0 Å². The fourth-order valence-corrected chi connectivity index (χ4v) is 4.45. The molecule has 0 aliphatic carbocycles. The van der Waals surface area contributed by atoms with E-state index in [1.54, 1.807) is 35.2 Å². The van der Waals surface area contributed by atoms with Gasteiger partial charge in [0.1, 0.15) is 10.6 Å². The van der Waals surface area contributed by atoms with Crippen LogP contribution in [0.5, 0.6) is 5.75 Å². The standard InChI is InChI=1S/C20H24N2O4S/c1-14(2)20(23)22-12-6-7-15-10-11-16(13-17(15)22)21-27(24,25)19-9-5-4-8-18(19)26-3/h4-5,8-11,13-14,21H,6-7,12H2,1-3H3. The number of nitrogens with zero attached hydrogens (tertiary/aromatic N) is 1. The summed E-state index contributed by atoms with van der Waals surface area (Å²) in [7, 11) is -2.38. The van der Waals surface area contributed by atoms with Crippen LogP contribution in [0.1, 0.15) is 25.8 Å². The summed E-state index contributed by atoms with van der Waals surface area (Å²) in [5, 5.41) is 0. The maximum atomic E-state index is 12.8. The Labute approximate surface area is 160 Å². The first-order valence-electron chi connectivity index (χ1n) is 8.93. The number of para-hydroxylation sites is 1. The molecule has 0 aromatic heterocycles. The van der Waals surface area contributed by atoms with E-state index < -0.39 is 10.0 Å². The van der Waals surface area contributed by atoms with E-state index in [4.69, 9.17) is 4.74 Å². The Kier molecular flexibility index (Phi) is 5.41. The normalized spacial score (nSPS) is 14.0. The molecule has 3 rings (SSSR count). The van der Waals surface area contributed by atoms with Crippen molar-refractivity contribution in [1.82, 2.24) is 0 Å². The summed E-state index contributed by atoms with van der Waals surface area (Å²) >= 11 is 0. The van der Waals surface area contributed by atoms with Crippen LogP contribution in [0.25, 0.3) is 0 Å². The molecule has 0 radical (unpaired) electrons. The number of hydrogen-bond donors (Lipinski definition) is 1. The third-order valence-corrected chi connectivity index (χ3v) is 6.00. The maximum absolute atomic E-state index is 12.8. The lowest BCUT2D eigenvalue weighted by Gasteiger charge is -2.31. The molecule has 1 heterocycles. The highest BCUT2D eigenvalue weighted by molar-refractivity contribution is 7.92. The zero-order valence-electron chi connectivity index (χ0n) is 15.7. The highest BCUT2D eigenvalue weighted by Crippen LogP contribution is 2.32. The molecule has 1 aliphatic rings. The van der Waals surface area contributed by atoms with Crippen LogP contribution in [0.15, 0.2) is 47.4 Å². The molecule has 6 nitrogen and oxygen atoms in total. The molecule has 27 heavy (non-hydrogen) atoms. The number of aryl methyl sites for hydroxylation is 1. The van der Waals surface area contributed by atoms with Crippen LogP contribution >= 0.6 is 0 Å². The van der Waals surface area contributed by atoms with Gasteiger partial charge in [-0.25, -0.2) is 8.42 Å². The Morgan fingerprint density at radius 1 is 1.19 bits per heavy atom. The van der Waals surface area contributed by atoms with Gasteiger partial charge < -0.3 is 9.64 Å². The van der Waals surface area contributed by atoms with E-state index in [2.05, 4.69) is 4.72 Å². The van der Waals surface area contributed by atoms with Gasteiger partial charge in [-0.3, -0.25) is 9.52 Å². The van der Waals surface area contributed by atoms with E-state index in [9.17, 15) is 13.2 Å². The van der Waals surface area contributed by atoms with Crippen molar-refractivity contribution in [2.45, 2.75) is 31.6 Å². The number of anilines is 2. The minimum Gasteiger partial charge on any atom is -0.495 e. The van der Waals surface area contributed by atoms with Crippen molar-refractivity contribution >= 4 is 27.3 Å². The first-order valence-corrected chi connectivity index (χ1v) is 10.4. The van der Waals surface area contributed by atoms with Gasteiger partial charge in [0.2, 0.25) is 5.91 Å². The number of ether oxygens (including phenoxy) is 1. The summed E-state index contributed by atoms with van der Waals surface area (Å²) in [6, 6.07) is 11.8. The second kappa shape index (κ2) is 7.60. The zero-order valence-corrected chi connectivity index (χ0v) is 16.5. The van der Waals surface area contributed by atoms with Crippen LogP contribution in [0, 0.1) is 5.92 Å². The van der Waals surface area contributed by atoms with E-state index in [1.807, 2.05) is 19.9 Å². The molecule has 144 valence electrons. The quantitative estimate of drug-likeness (QED) is 0.851. The molecule has 0 fully saturated rings. The molecule has 0 saturated carbocycles. The number of carbonyl (C=O) groups is 1. The molecule has 1 N–H and O–H groups in total. The van der Waals surface area contributed by atoms with E-state index in [0.29, 0.717) is 12.2 Å². The molecule has 0 unspecified atom stereocenters. The number of hydrogen-bond acceptors (Lipinski definition) is 4. The summed E-state index contributed by atoms with van der Waals surface area (Å²) in [5.41, 5.74) is 2.25. The molecule has 2 aromatic carbocycles. The highest BCUT2D eigenvalue weighted by atomic mass is 32.2. The number of fused-ring (bicyclic) bond motifs is 1. The van der Waals surface area contributed by atoms with Crippen molar-refractivity contribution in [3.05, 3.63) is 48.0 Å². The predicted octanol–water partition coefficient (Wildman–Crippen LogP) is 3.43. The number of sulfonamides is 1. The van der Waals surface area contributed by atoms with Gasteiger partial charge in [0.05, 0.1) is 12.8 Å². The molecule has 0 atom stereocenters. The summed E-state index contributed by atoms with van der Waals surface area (Å²) in [6.07, 6.45) is 1.77. The van der Waals surface area contributed by atoms with Crippen LogP contribution in [-0.4, -0.2) is 28.0 Å². The maximum Gasteiger partial charge on any atom is 0.265 e. The number of benzene rings is 2. The van der Waals surface area contributed by atoms with Crippen molar-refractivity contribution in [3.63, 3.8) is 0 Å². The van der Waals surface area contributed by atoms with Crippen molar-refractivity contribution in [1.29, 1.82) is 0 Å². The largest absolute Gasteiger partial charge is 0.495 e. The van der Waals surface area contributed by atoms with Crippen molar-refractivity contribution in [2.24, 2.45) is 5.92 Å². The van der Waals surface area contributed by atoms with Gasteiger partial charge in [0, 0.05) is 18.2 Å². The van der Waals surface area contributed by atoms with Gasteiger partial charge in [0.25, 0.3) is 10.0 Å². The fourth-order valence-electron chi connectivity index (χ4n) is 3.23. The minimum absolute atomic E-state index is 0.0423. The van der Waals surface area contributed by atoms with Gasteiger partial charge in [-0.05, 0) is 42.7 Å². The summed E-state index contributed by atoms with van der Waals surface area (Å²) < 4.78 is 33.4. The molecular weight excluding hydrogens is 364 g/mol. The molecule has 1 amide bonds. The lowest BCUT2D eigenvalue weighted by Crippen LogP contribution is -2.38. The Bertz CT molecular complexity index is 954. The summed E-state index contributed by atoms with van der Waals surface area (Å²) in [5.74, 6) is 0.199. The molecule has 0 bridgehead atoms. The molecule has 1 aliphatic heterocycles. The van der Waals surface area contributed by atoms with Crippen LogP contribution < -0.4 is 14.4 Å². The first-order chi connectivity index (χ1) is 12.8. The second-order valence-corrected chi connectivity index (χ2v) is 8.50.